The highest BCUT2D eigenvalue weighted by atomic mass is 35.5. The highest BCUT2D eigenvalue weighted by molar-refractivity contribution is 6.31. The van der Waals surface area contributed by atoms with E-state index in [2.05, 4.69) is 59.2 Å². The number of benzene rings is 4. The maximum Gasteiger partial charge on any atom is 0.253 e. The summed E-state index contributed by atoms with van der Waals surface area (Å²) in [5, 5.41) is 0.590. The number of carbonyl (C=O) groups excluding carboxylic acids is 3. The molecule has 0 atom stereocenters. The predicted octanol–water partition coefficient (Wildman–Crippen LogP) is 9.57. The van der Waals surface area contributed by atoms with Crippen molar-refractivity contribution in [2.75, 3.05) is 59.1 Å². The van der Waals surface area contributed by atoms with Crippen LogP contribution in [0.15, 0.2) is 78.9 Å². The Bertz CT molecular complexity index is 2640. The summed E-state index contributed by atoms with van der Waals surface area (Å²) in [5.74, 6) is 5.18. The normalized spacial score (nSPS) is 23.0. The SMILES string of the molecule is CC1CCC(C(=O)N2CCC3(CC2)COc2ccc(CN)cc23)CC1.NCc1ccc2c(c1)C1(CCN(C(=O)C3CCCCC3)CC1)CO2.NCc1ccc2c(c1)C1(CCN(C(=O)c3cccc(Cl)c3)CC1)CO2. The van der Waals surface area contributed by atoms with Gasteiger partial charge in [0, 0.05) is 114 Å². The van der Waals surface area contributed by atoms with Gasteiger partial charge in [0.2, 0.25) is 11.8 Å². The number of piperidine rings is 3. The third-order valence-corrected chi connectivity index (χ3v) is 18.8. The van der Waals surface area contributed by atoms with Crippen LogP contribution in [0.4, 0.5) is 0 Å². The van der Waals surface area contributed by atoms with Crippen molar-refractivity contribution in [3.05, 3.63) is 123 Å². The second-order valence-corrected chi connectivity index (χ2v) is 23.5. The molecule has 74 heavy (non-hydrogen) atoms. The van der Waals surface area contributed by atoms with Crippen LogP contribution in [0, 0.1) is 17.8 Å². The molecule has 6 heterocycles. The molecule has 396 valence electrons. The molecule has 6 N–H and O–H groups in total. The Hall–Kier alpha value is -5.14. The van der Waals surface area contributed by atoms with Crippen LogP contribution in [-0.4, -0.2) is 91.5 Å². The molecular weight excluding hydrogens is 948 g/mol. The summed E-state index contributed by atoms with van der Waals surface area (Å²) < 4.78 is 17.9. The minimum atomic E-state index is 0.00558. The minimum absolute atomic E-state index is 0.00558. The fraction of sp³-hybridized carbons (Fsp3) is 0.557. The lowest BCUT2D eigenvalue weighted by atomic mass is 9.73. The van der Waals surface area contributed by atoms with Crippen LogP contribution in [0.2, 0.25) is 5.02 Å². The first-order valence-corrected chi connectivity index (χ1v) is 28.3. The van der Waals surface area contributed by atoms with E-state index in [1.165, 1.54) is 59.9 Å². The Morgan fingerprint density at radius 1 is 0.514 bits per heavy atom. The molecule has 6 aliphatic heterocycles. The second kappa shape index (κ2) is 22.6. The van der Waals surface area contributed by atoms with Gasteiger partial charge in [0.05, 0.1) is 19.8 Å². The average molecular weight is 1030 g/mol. The molecule has 3 saturated heterocycles. The summed E-state index contributed by atoms with van der Waals surface area (Å²) in [7, 11) is 0. The van der Waals surface area contributed by atoms with Crippen LogP contribution in [0.25, 0.3) is 0 Å². The van der Waals surface area contributed by atoms with E-state index in [1.807, 2.05) is 29.2 Å². The van der Waals surface area contributed by atoms with Gasteiger partial charge in [-0.2, -0.15) is 0 Å². The maximum atomic E-state index is 12.9. The monoisotopic (exact) mass is 1030 g/mol. The summed E-state index contributed by atoms with van der Waals surface area (Å²) in [4.78, 5) is 44.5. The summed E-state index contributed by atoms with van der Waals surface area (Å²) in [6.07, 6.45) is 16.3. The van der Waals surface area contributed by atoms with Crippen molar-refractivity contribution in [2.45, 2.75) is 139 Å². The molecule has 0 aromatic heterocycles. The number of amides is 3. The fourth-order valence-corrected chi connectivity index (χ4v) is 13.7. The molecule has 0 radical (unpaired) electrons. The molecule has 8 aliphatic rings. The predicted molar refractivity (Wildman–Crippen MR) is 290 cm³/mol. The highest BCUT2D eigenvalue weighted by Gasteiger charge is 2.47. The smallest absolute Gasteiger partial charge is 0.253 e. The number of fused-ring (bicyclic) bond motifs is 6. The van der Waals surface area contributed by atoms with Gasteiger partial charge in [0.25, 0.3) is 5.91 Å². The lowest BCUT2D eigenvalue weighted by molar-refractivity contribution is -0.139. The second-order valence-electron chi connectivity index (χ2n) is 23.1. The van der Waals surface area contributed by atoms with E-state index >= 15 is 0 Å². The van der Waals surface area contributed by atoms with Crippen molar-refractivity contribution in [1.82, 2.24) is 14.7 Å². The van der Waals surface area contributed by atoms with E-state index in [4.69, 9.17) is 43.0 Å². The molecule has 13 heteroatoms. The van der Waals surface area contributed by atoms with Crippen molar-refractivity contribution in [3.63, 3.8) is 0 Å². The lowest BCUT2D eigenvalue weighted by Gasteiger charge is -2.40. The molecule has 4 aromatic carbocycles. The van der Waals surface area contributed by atoms with Gasteiger partial charge in [0.1, 0.15) is 17.2 Å². The number of ether oxygens (including phenoxy) is 3. The quantitative estimate of drug-likeness (QED) is 0.171. The van der Waals surface area contributed by atoms with E-state index < -0.39 is 0 Å². The van der Waals surface area contributed by atoms with Crippen LogP contribution in [0.5, 0.6) is 17.2 Å². The molecule has 3 amide bonds. The first-order valence-electron chi connectivity index (χ1n) is 28.0. The van der Waals surface area contributed by atoms with E-state index in [0.29, 0.717) is 48.6 Å². The summed E-state index contributed by atoms with van der Waals surface area (Å²) >= 11 is 6.01. The van der Waals surface area contributed by atoms with Gasteiger partial charge < -0.3 is 46.1 Å². The van der Waals surface area contributed by atoms with Gasteiger partial charge >= 0.3 is 0 Å². The van der Waals surface area contributed by atoms with E-state index in [9.17, 15) is 14.4 Å². The molecule has 12 rings (SSSR count). The number of nitrogens with two attached hydrogens (primary N) is 3. The maximum absolute atomic E-state index is 12.9. The molecule has 2 aliphatic carbocycles. The van der Waals surface area contributed by atoms with Gasteiger partial charge in [-0.25, -0.2) is 0 Å². The van der Waals surface area contributed by atoms with Crippen LogP contribution in [-0.2, 0) is 45.5 Å². The minimum Gasteiger partial charge on any atom is -0.492 e. The zero-order chi connectivity index (χ0) is 51.5. The Labute approximate surface area is 443 Å². The zero-order valence-electron chi connectivity index (χ0n) is 43.7. The molecule has 12 nitrogen and oxygen atoms in total. The van der Waals surface area contributed by atoms with E-state index in [1.54, 1.807) is 12.1 Å². The Balaban J connectivity index is 0.000000127. The Kier molecular flexibility index (Phi) is 16.0. The number of halogens is 1. The highest BCUT2D eigenvalue weighted by Crippen LogP contribution is 2.49. The van der Waals surface area contributed by atoms with E-state index in [-0.39, 0.29) is 34.0 Å². The molecule has 5 fully saturated rings. The summed E-state index contributed by atoms with van der Waals surface area (Å²) in [5.41, 5.74) is 25.6. The number of nitrogens with zero attached hydrogens (tertiary/aromatic N) is 3. The first-order chi connectivity index (χ1) is 35.9. The molecular formula is C61H79ClN6O6. The largest absolute Gasteiger partial charge is 0.492 e. The van der Waals surface area contributed by atoms with Crippen LogP contribution in [0.1, 0.15) is 147 Å². The van der Waals surface area contributed by atoms with Crippen LogP contribution in [0.3, 0.4) is 0 Å². The van der Waals surface area contributed by atoms with Crippen LogP contribution >= 0.6 is 11.6 Å². The third kappa shape index (κ3) is 10.8. The van der Waals surface area contributed by atoms with Gasteiger partial charge in [0.15, 0.2) is 0 Å². The zero-order valence-corrected chi connectivity index (χ0v) is 44.5. The molecule has 0 bridgehead atoms. The first kappa shape index (κ1) is 52.3. The lowest BCUT2D eigenvalue weighted by Crippen LogP contribution is -2.48. The Morgan fingerprint density at radius 2 is 0.905 bits per heavy atom. The third-order valence-electron chi connectivity index (χ3n) is 18.5. The van der Waals surface area contributed by atoms with Crippen molar-refractivity contribution in [3.8, 4) is 17.2 Å². The van der Waals surface area contributed by atoms with Gasteiger partial charge in [-0.3, -0.25) is 14.4 Å². The number of likely N-dealkylation sites (tertiary alicyclic amines) is 3. The van der Waals surface area contributed by atoms with Gasteiger partial charge in [-0.05, 0) is 136 Å². The standard InChI is InChI=1S/C21H30N2O2.C20H21ClN2O2.C20H28N2O2/c1-15-2-5-17(6-3-15)20(24)23-10-8-21(9-11-23)14-25-19-7-4-16(13-22)12-18(19)21;21-16-3-1-2-15(11-16)19(24)23-8-6-20(7-9-23)13-25-18-5-4-14(12-22)10-17(18)20;21-13-15-6-7-18-17(12-15)20(14-24-18)8-10-22(11-9-20)19(23)16-4-2-1-3-5-16/h4,7,12,15,17H,2-3,5-6,8-11,13-14,22H2,1H3;1-5,10-11H,6-9,12-13,22H2;6-7,12,16H,1-5,8-11,13-14,21H2. The summed E-state index contributed by atoms with van der Waals surface area (Å²) in [6.45, 7) is 11.1. The topological polar surface area (TPSA) is 167 Å². The van der Waals surface area contributed by atoms with Gasteiger partial charge in [-0.15, -0.1) is 0 Å². The molecule has 0 unspecified atom stereocenters. The van der Waals surface area contributed by atoms with Crippen molar-refractivity contribution < 1.29 is 28.6 Å². The fourth-order valence-electron chi connectivity index (χ4n) is 13.5. The number of rotatable bonds is 6. The number of hydrogen-bond acceptors (Lipinski definition) is 9. The Morgan fingerprint density at radius 3 is 1.30 bits per heavy atom. The van der Waals surface area contributed by atoms with Gasteiger partial charge in [-0.1, -0.05) is 80.3 Å². The van der Waals surface area contributed by atoms with Crippen LogP contribution < -0.4 is 31.4 Å². The number of hydrogen-bond donors (Lipinski definition) is 3. The molecule has 3 spiro atoms. The van der Waals surface area contributed by atoms with Crippen molar-refractivity contribution in [1.29, 1.82) is 0 Å². The molecule has 4 aromatic rings. The average Bonchev–Trinajstić information content (AvgIpc) is 4.11. The van der Waals surface area contributed by atoms with Crippen molar-refractivity contribution >= 4 is 29.3 Å². The number of carbonyl (C=O) groups is 3. The summed E-state index contributed by atoms with van der Waals surface area (Å²) in [6, 6.07) is 26.1. The molecule has 2 saturated carbocycles. The van der Waals surface area contributed by atoms with Crippen molar-refractivity contribution in [2.24, 2.45) is 35.0 Å². The van der Waals surface area contributed by atoms with E-state index in [0.717, 1.165) is 145 Å².